The fourth-order valence-corrected chi connectivity index (χ4v) is 2.05. The predicted octanol–water partition coefficient (Wildman–Crippen LogP) is 3.11. The second kappa shape index (κ2) is 10.9. The molecule has 2 rings (SSSR count). The maximum Gasteiger partial charge on any atom is 0.310 e. The molecule has 124 valence electrons. The van der Waals surface area contributed by atoms with Gasteiger partial charge in [-0.25, -0.2) is 9.97 Å². The van der Waals surface area contributed by atoms with Gasteiger partial charge in [-0.2, -0.15) is 0 Å². The normalized spacial score (nSPS) is 9.74. The summed E-state index contributed by atoms with van der Waals surface area (Å²) in [5.41, 5.74) is 1.83. The molecule has 0 spiro atoms. The second-order valence-corrected chi connectivity index (χ2v) is 5.20. The number of halogens is 2. The van der Waals surface area contributed by atoms with Gasteiger partial charge in [0.1, 0.15) is 10.3 Å². The van der Waals surface area contributed by atoms with E-state index in [1.807, 2.05) is 6.07 Å². The first-order valence-electron chi connectivity index (χ1n) is 7.02. The molecule has 0 unspecified atom stereocenters. The SMILES string of the molecule is CCOC(=O)Cc1ccnc(Cl)c1.OCCc1ccnc(Cl)c1. The fraction of sp³-hybridized carbons (Fsp3) is 0.312. The third-order valence-corrected chi connectivity index (χ3v) is 3.05. The van der Waals surface area contributed by atoms with E-state index in [-0.39, 0.29) is 19.0 Å². The highest BCUT2D eigenvalue weighted by atomic mass is 35.5. The van der Waals surface area contributed by atoms with Crippen molar-refractivity contribution in [2.24, 2.45) is 0 Å². The minimum absolute atomic E-state index is 0.153. The first kappa shape index (κ1) is 19.4. The molecule has 2 aromatic rings. The fourth-order valence-electron chi connectivity index (χ4n) is 1.66. The molecule has 0 fully saturated rings. The zero-order chi connectivity index (χ0) is 17.1. The van der Waals surface area contributed by atoms with Gasteiger partial charge in [0.15, 0.2) is 0 Å². The van der Waals surface area contributed by atoms with Crippen LogP contribution < -0.4 is 0 Å². The number of carbonyl (C=O) groups excluding carboxylic acids is 1. The molecule has 0 saturated carbocycles. The van der Waals surface area contributed by atoms with Crippen LogP contribution in [0.4, 0.5) is 0 Å². The number of aliphatic hydroxyl groups is 1. The number of rotatable bonds is 5. The van der Waals surface area contributed by atoms with E-state index in [1.165, 1.54) is 0 Å². The van der Waals surface area contributed by atoms with Gasteiger partial charge in [0.25, 0.3) is 0 Å². The van der Waals surface area contributed by atoms with Crippen molar-refractivity contribution < 1.29 is 14.6 Å². The first-order valence-corrected chi connectivity index (χ1v) is 7.78. The Hall–Kier alpha value is -1.69. The summed E-state index contributed by atoms with van der Waals surface area (Å²) in [5.74, 6) is -0.246. The molecule has 7 heteroatoms. The lowest BCUT2D eigenvalue weighted by Gasteiger charge is -2.01. The summed E-state index contributed by atoms with van der Waals surface area (Å²) < 4.78 is 4.78. The highest BCUT2D eigenvalue weighted by Crippen LogP contribution is 2.08. The molecular formula is C16H18Cl2N2O3. The average molecular weight is 357 g/mol. The van der Waals surface area contributed by atoms with Crippen LogP contribution in [0.15, 0.2) is 36.7 Å². The molecule has 0 aliphatic rings. The number of ether oxygens (including phenoxy) is 1. The molecule has 0 amide bonds. The molecule has 2 aromatic heterocycles. The molecule has 0 aliphatic heterocycles. The Bertz CT molecular complexity index is 624. The van der Waals surface area contributed by atoms with Crippen LogP contribution in [0.1, 0.15) is 18.1 Å². The van der Waals surface area contributed by atoms with E-state index < -0.39 is 0 Å². The van der Waals surface area contributed by atoms with Gasteiger partial charge in [-0.1, -0.05) is 23.2 Å². The molecule has 0 aliphatic carbocycles. The van der Waals surface area contributed by atoms with Crippen LogP contribution in [0, 0.1) is 0 Å². The quantitative estimate of drug-likeness (QED) is 0.658. The standard InChI is InChI=1S/C9H10ClNO2.C7H8ClNO/c1-2-13-9(12)6-7-3-4-11-8(10)5-7;8-7-5-6(2-4-10)1-3-9-7/h3-5H,2,6H2,1H3;1,3,5,10H,2,4H2. The highest BCUT2D eigenvalue weighted by molar-refractivity contribution is 6.29. The minimum atomic E-state index is -0.246. The minimum Gasteiger partial charge on any atom is -0.466 e. The number of aromatic nitrogens is 2. The molecule has 0 aromatic carbocycles. The molecule has 0 bridgehead atoms. The lowest BCUT2D eigenvalue weighted by Crippen LogP contribution is -2.07. The topological polar surface area (TPSA) is 72.3 Å². The molecule has 1 N–H and O–H groups in total. The van der Waals surface area contributed by atoms with Crippen LogP contribution in [0.25, 0.3) is 0 Å². The van der Waals surface area contributed by atoms with Gasteiger partial charge >= 0.3 is 5.97 Å². The number of hydrogen-bond acceptors (Lipinski definition) is 5. The van der Waals surface area contributed by atoms with Crippen molar-refractivity contribution in [3.05, 3.63) is 58.1 Å². The zero-order valence-corrected chi connectivity index (χ0v) is 14.2. The Morgan fingerprint density at radius 2 is 1.70 bits per heavy atom. The number of esters is 1. The lowest BCUT2D eigenvalue weighted by atomic mass is 10.2. The Morgan fingerprint density at radius 1 is 1.13 bits per heavy atom. The van der Waals surface area contributed by atoms with Crippen LogP contribution >= 0.6 is 23.2 Å². The van der Waals surface area contributed by atoms with Gasteiger partial charge in [0, 0.05) is 19.0 Å². The Kier molecular flexibility index (Phi) is 9.21. The van der Waals surface area contributed by atoms with Gasteiger partial charge in [-0.05, 0) is 48.7 Å². The number of nitrogens with zero attached hydrogens (tertiary/aromatic N) is 2. The molecule has 23 heavy (non-hydrogen) atoms. The summed E-state index contributed by atoms with van der Waals surface area (Å²) in [5, 5.41) is 9.42. The molecule has 0 saturated heterocycles. The van der Waals surface area contributed by atoms with Crippen molar-refractivity contribution in [1.82, 2.24) is 9.97 Å². The Labute approximate surface area is 145 Å². The van der Waals surface area contributed by atoms with Gasteiger partial charge in [-0.3, -0.25) is 4.79 Å². The van der Waals surface area contributed by atoms with Crippen molar-refractivity contribution in [3.8, 4) is 0 Å². The third-order valence-electron chi connectivity index (χ3n) is 2.64. The average Bonchev–Trinajstić information content (AvgIpc) is 2.48. The first-order chi connectivity index (χ1) is 11.0. The van der Waals surface area contributed by atoms with Crippen LogP contribution in [0.3, 0.4) is 0 Å². The number of carbonyl (C=O) groups is 1. The summed E-state index contributed by atoms with van der Waals surface area (Å²) in [6.07, 6.45) is 4.09. The van der Waals surface area contributed by atoms with Crippen molar-refractivity contribution in [1.29, 1.82) is 0 Å². The smallest absolute Gasteiger partial charge is 0.310 e. The third kappa shape index (κ3) is 8.50. The molecular weight excluding hydrogens is 339 g/mol. The van der Waals surface area contributed by atoms with E-state index in [9.17, 15) is 4.79 Å². The Morgan fingerprint density at radius 3 is 2.22 bits per heavy atom. The van der Waals surface area contributed by atoms with Gasteiger partial charge in [0.05, 0.1) is 13.0 Å². The molecule has 2 heterocycles. The maximum atomic E-state index is 11.0. The summed E-state index contributed by atoms with van der Waals surface area (Å²) in [7, 11) is 0. The number of pyridine rings is 2. The maximum absolute atomic E-state index is 11.0. The summed E-state index contributed by atoms with van der Waals surface area (Å²) in [6.45, 7) is 2.33. The van der Waals surface area contributed by atoms with Crippen molar-refractivity contribution in [2.75, 3.05) is 13.2 Å². The predicted molar refractivity (Wildman–Crippen MR) is 89.6 cm³/mol. The summed E-state index contributed by atoms with van der Waals surface area (Å²) >= 11 is 11.2. The van der Waals surface area contributed by atoms with E-state index in [1.54, 1.807) is 37.5 Å². The van der Waals surface area contributed by atoms with Crippen molar-refractivity contribution in [3.63, 3.8) is 0 Å². The highest BCUT2D eigenvalue weighted by Gasteiger charge is 2.03. The van der Waals surface area contributed by atoms with Crippen LogP contribution in [-0.2, 0) is 22.4 Å². The largest absolute Gasteiger partial charge is 0.466 e. The Balaban J connectivity index is 0.000000238. The van der Waals surface area contributed by atoms with Gasteiger partial charge in [0.2, 0.25) is 0 Å². The van der Waals surface area contributed by atoms with E-state index in [0.717, 1.165) is 11.1 Å². The van der Waals surface area contributed by atoms with Crippen LogP contribution in [0.5, 0.6) is 0 Å². The van der Waals surface area contributed by atoms with Gasteiger partial charge in [-0.15, -0.1) is 0 Å². The monoisotopic (exact) mass is 356 g/mol. The zero-order valence-electron chi connectivity index (χ0n) is 12.7. The summed E-state index contributed by atoms with van der Waals surface area (Å²) in [4.78, 5) is 18.7. The van der Waals surface area contributed by atoms with Crippen molar-refractivity contribution >= 4 is 29.2 Å². The number of aliphatic hydroxyl groups excluding tert-OH is 1. The van der Waals surface area contributed by atoms with Crippen molar-refractivity contribution in [2.45, 2.75) is 19.8 Å². The van der Waals surface area contributed by atoms with Crippen LogP contribution in [0.2, 0.25) is 10.3 Å². The van der Waals surface area contributed by atoms with E-state index in [4.69, 9.17) is 33.0 Å². The molecule has 5 nitrogen and oxygen atoms in total. The second-order valence-electron chi connectivity index (χ2n) is 4.43. The molecule has 0 atom stereocenters. The lowest BCUT2D eigenvalue weighted by molar-refractivity contribution is -0.142. The van der Waals surface area contributed by atoms with E-state index in [2.05, 4.69) is 9.97 Å². The van der Waals surface area contributed by atoms with Crippen LogP contribution in [-0.4, -0.2) is 34.3 Å². The number of hydrogen-bond donors (Lipinski definition) is 1. The van der Waals surface area contributed by atoms with E-state index >= 15 is 0 Å². The molecule has 0 radical (unpaired) electrons. The summed E-state index contributed by atoms with van der Waals surface area (Å²) in [6, 6.07) is 6.97. The van der Waals surface area contributed by atoms with E-state index in [0.29, 0.717) is 23.3 Å². The van der Waals surface area contributed by atoms with Gasteiger partial charge < -0.3 is 9.84 Å².